The second kappa shape index (κ2) is 6.59. The summed E-state index contributed by atoms with van der Waals surface area (Å²) in [6.45, 7) is 2.12. The minimum atomic E-state index is -0.175. The van der Waals surface area contributed by atoms with Crippen molar-refractivity contribution in [1.29, 1.82) is 0 Å². The van der Waals surface area contributed by atoms with Crippen molar-refractivity contribution < 1.29 is 9.59 Å². The minimum absolute atomic E-state index is 0.0365. The lowest BCUT2D eigenvalue weighted by molar-refractivity contribution is -0.134. The van der Waals surface area contributed by atoms with Gasteiger partial charge in [0.05, 0.1) is 6.54 Å². The first kappa shape index (κ1) is 14.0. The third-order valence-electron chi connectivity index (χ3n) is 3.55. The van der Waals surface area contributed by atoms with Crippen molar-refractivity contribution in [3.05, 3.63) is 0 Å². The maximum absolute atomic E-state index is 11.9. The largest absolute Gasteiger partial charge is 0.347 e. The summed E-state index contributed by atoms with van der Waals surface area (Å²) in [6.07, 6.45) is 4.47. The van der Waals surface area contributed by atoms with Crippen LogP contribution in [0.4, 0.5) is 0 Å². The molecular weight excluding hydrogens is 218 g/mol. The fourth-order valence-corrected chi connectivity index (χ4v) is 2.48. The van der Waals surface area contributed by atoms with Crippen LogP contribution in [-0.2, 0) is 9.59 Å². The van der Waals surface area contributed by atoms with Crippen molar-refractivity contribution in [2.75, 3.05) is 20.1 Å². The van der Waals surface area contributed by atoms with E-state index in [1.807, 2.05) is 7.05 Å². The number of amides is 2. The van der Waals surface area contributed by atoms with Gasteiger partial charge in [0.15, 0.2) is 0 Å². The second-order valence-corrected chi connectivity index (χ2v) is 4.76. The zero-order valence-electron chi connectivity index (χ0n) is 10.7. The SMILES string of the molecule is CC(=O)NCC(=O)N(C)C1CCCCC1CN. The highest BCUT2D eigenvalue weighted by Gasteiger charge is 2.29. The summed E-state index contributed by atoms with van der Waals surface area (Å²) in [6, 6.07) is 0.231. The molecule has 2 unspecified atom stereocenters. The summed E-state index contributed by atoms with van der Waals surface area (Å²) >= 11 is 0. The Morgan fingerprint density at radius 2 is 2.00 bits per heavy atom. The minimum Gasteiger partial charge on any atom is -0.347 e. The summed E-state index contributed by atoms with van der Waals surface area (Å²) in [5, 5.41) is 2.54. The molecule has 1 rings (SSSR count). The van der Waals surface area contributed by atoms with E-state index >= 15 is 0 Å². The topological polar surface area (TPSA) is 75.4 Å². The fraction of sp³-hybridized carbons (Fsp3) is 0.833. The van der Waals surface area contributed by atoms with Crippen molar-refractivity contribution in [3.8, 4) is 0 Å². The molecule has 0 heterocycles. The zero-order chi connectivity index (χ0) is 12.8. The van der Waals surface area contributed by atoms with Crippen LogP contribution in [0.1, 0.15) is 32.6 Å². The van der Waals surface area contributed by atoms with Crippen LogP contribution in [0.5, 0.6) is 0 Å². The van der Waals surface area contributed by atoms with Gasteiger partial charge >= 0.3 is 0 Å². The Bertz CT molecular complexity index is 281. The Hall–Kier alpha value is -1.10. The van der Waals surface area contributed by atoms with Gasteiger partial charge in [-0.2, -0.15) is 0 Å². The van der Waals surface area contributed by atoms with Crippen LogP contribution in [-0.4, -0.2) is 42.9 Å². The first-order valence-electron chi connectivity index (χ1n) is 6.26. The Morgan fingerprint density at radius 1 is 1.35 bits per heavy atom. The molecule has 1 fully saturated rings. The molecule has 2 amide bonds. The number of carbonyl (C=O) groups is 2. The molecular formula is C12H23N3O2. The molecule has 5 nitrogen and oxygen atoms in total. The number of rotatable bonds is 4. The maximum Gasteiger partial charge on any atom is 0.241 e. The molecule has 1 aliphatic rings. The summed E-state index contributed by atoms with van der Waals surface area (Å²) in [5.41, 5.74) is 5.75. The molecule has 0 aromatic carbocycles. The molecule has 3 N–H and O–H groups in total. The molecule has 0 aliphatic heterocycles. The van der Waals surface area contributed by atoms with Crippen molar-refractivity contribution >= 4 is 11.8 Å². The molecule has 0 radical (unpaired) electrons. The summed E-state index contributed by atoms with van der Waals surface area (Å²) in [5.74, 6) is 0.186. The van der Waals surface area contributed by atoms with E-state index in [2.05, 4.69) is 5.32 Å². The van der Waals surface area contributed by atoms with E-state index in [1.165, 1.54) is 13.3 Å². The highest BCUT2D eigenvalue weighted by molar-refractivity contribution is 5.83. The van der Waals surface area contributed by atoms with Crippen molar-refractivity contribution in [2.24, 2.45) is 11.7 Å². The van der Waals surface area contributed by atoms with E-state index in [9.17, 15) is 9.59 Å². The van der Waals surface area contributed by atoms with Gasteiger partial charge < -0.3 is 16.0 Å². The zero-order valence-corrected chi connectivity index (χ0v) is 10.7. The van der Waals surface area contributed by atoms with E-state index in [0.717, 1.165) is 19.3 Å². The summed E-state index contributed by atoms with van der Waals surface area (Å²) < 4.78 is 0. The Labute approximate surface area is 103 Å². The van der Waals surface area contributed by atoms with Gasteiger partial charge in [-0.05, 0) is 25.3 Å². The van der Waals surface area contributed by atoms with Gasteiger partial charge in [0.2, 0.25) is 11.8 Å². The van der Waals surface area contributed by atoms with Gasteiger partial charge in [-0.1, -0.05) is 12.8 Å². The third kappa shape index (κ3) is 4.00. The average molecular weight is 241 g/mol. The second-order valence-electron chi connectivity index (χ2n) is 4.76. The van der Waals surface area contributed by atoms with Crippen LogP contribution in [0, 0.1) is 5.92 Å². The van der Waals surface area contributed by atoms with Gasteiger partial charge in [-0.25, -0.2) is 0 Å². The monoisotopic (exact) mass is 241 g/mol. The fourth-order valence-electron chi connectivity index (χ4n) is 2.48. The van der Waals surface area contributed by atoms with E-state index in [4.69, 9.17) is 5.73 Å². The lowest BCUT2D eigenvalue weighted by Gasteiger charge is -2.37. The number of nitrogens with two attached hydrogens (primary N) is 1. The lowest BCUT2D eigenvalue weighted by Crippen LogP contribution is -2.48. The van der Waals surface area contributed by atoms with E-state index in [-0.39, 0.29) is 24.4 Å². The Morgan fingerprint density at radius 3 is 2.59 bits per heavy atom. The number of carbonyl (C=O) groups excluding carboxylic acids is 2. The smallest absolute Gasteiger partial charge is 0.241 e. The van der Waals surface area contributed by atoms with Gasteiger partial charge in [0, 0.05) is 20.0 Å². The van der Waals surface area contributed by atoms with Crippen LogP contribution in [0.3, 0.4) is 0 Å². The molecule has 1 aliphatic carbocycles. The molecule has 0 bridgehead atoms. The van der Waals surface area contributed by atoms with Crippen molar-refractivity contribution in [1.82, 2.24) is 10.2 Å². The average Bonchev–Trinajstić information content (AvgIpc) is 2.34. The number of hydrogen-bond donors (Lipinski definition) is 2. The molecule has 98 valence electrons. The van der Waals surface area contributed by atoms with Gasteiger partial charge in [0.25, 0.3) is 0 Å². The van der Waals surface area contributed by atoms with Gasteiger partial charge in [-0.15, -0.1) is 0 Å². The molecule has 17 heavy (non-hydrogen) atoms. The highest BCUT2D eigenvalue weighted by Crippen LogP contribution is 2.27. The van der Waals surface area contributed by atoms with Gasteiger partial charge in [-0.3, -0.25) is 9.59 Å². The number of nitrogens with zero attached hydrogens (tertiary/aromatic N) is 1. The van der Waals surface area contributed by atoms with E-state index < -0.39 is 0 Å². The molecule has 2 atom stereocenters. The van der Waals surface area contributed by atoms with E-state index in [0.29, 0.717) is 12.5 Å². The normalized spacial score (nSPS) is 24.2. The first-order valence-corrected chi connectivity index (χ1v) is 6.26. The number of hydrogen-bond acceptors (Lipinski definition) is 3. The first-order chi connectivity index (χ1) is 8.06. The van der Waals surface area contributed by atoms with E-state index in [1.54, 1.807) is 4.90 Å². The quantitative estimate of drug-likeness (QED) is 0.733. The third-order valence-corrected chi connectivity index (χ3v) is 3.55. The standard InChI is InChI=1S/C12H23N3O2/c1-9(16)14-8-12(17)15(2)11-6-4-3-5-10(11)7-13/h10-11H,3-8,13H2,1-2H3,(H,14,16). The van der Waals surface area contributed by atoms with Crippen LogP contribution in [0.15, 0.2) is 0 Å². The Kier molecular flexibility index (Phi) is 5.41. The Balaban J connectivity index is 2.51. The predicted molar refractivity (Wildman–Crippen MR) is 66.3 cm³/mol. The summed E-state index contributed by atoms with van der Waals surface area (Å²) in [4.78, 5) is 24.4. The summed E-state index contributed by atoms with van der Waals surface area (Å²) in [7, 11) is 1.81. The molecule has 0 saturated heterocycles. The lowest BCUT2D eigenvalue weighted by atomic mass is 9.83. The predicted octanol–water partition coefficient (Wildman–Crippen LogP) is 0.0984. The molecule has 1 saturated carbocycles. The van der Waals surface area contributed by atoms with Crippen molar-refractivity contribution in [3.63, 3.8) is 0 Å². The highest BCUT2D eigenvalue weighted by atomic mass is 16.2. The maximum atomic E-state index is 11.9. The molecule has 0 spiro atoms. The number of nitrogens with one attached hydrogen (secondary N) is 1. The molecule has 5 heteroatoms. The van der Waals surface area contributed by atoms with Crippen molar-refractivity contribution in [2.45, 2.75) is 38.6 Å². The van der Waals surface area contributed by atoms with Gasteiger partial charge in [0.1, 0.15) is 0 Å². The number of likely N-dealkylation sites (N-methyl/N-ethyl adjacent to an activating group) is 1. The van der Waals surface area contributed by atoms with Crippen LogP contribution < -0.4 is 11.1 Å². The van der Waals surface area contributed by atoms with Crippen LogP contribution in [0.25, 0.3) is 0 Å². The van der Waals surface area contributed by atoms with Crippen LogP contribution in [0.2, 0.25) is 0 Å². The molecule has 0 aromatic rings. The molecule has 0 aromatic heterocycles. The van der Waals surface area contributed by atoms with Crippen LogP contribution >= 0.6 is 0 Å².